The number of anilines is 2. The van der Waals surface area contributed by atoms with Gasteiger partial charge in [0.15, 0.2) is 0 Å². The van der Waals surface area contributed by atoms with Crippen molar-refractivity contribution in [2.24, 2.45) is 0 Å². The molecule has 5 rings (SSSR count). The molecule has 0 radical (unpaired) electrons. The van der Waals surface area contributed by atoms with Crippen LogP contribution in [0.4, 0.5) is 37.8 Å². The van der Waals surface area contributed by atoms with Crippen molar-refractivity contribution >= 4 is 17.4 Å². The first-order valence-electron chi connectivity index (χ1n) is 13.4. The van der Waals surface area contributed by atoms with Crippen LogP contribution in [0.1, 0.15) is 57.1 Å². The van der Waals surface area contributed by atoms with Gasteiger partial charge >= 0.3 is 12.4 Å². The highest BCUT2D eigenvalue weighted by atomic mass is 19.4. The number of amides is 1. The van der Waals surface area contributed by atoms with Crippen LogP contribution in [0.2, 0.25) is 0 Å². The second-order valence-electron chi connectivity index (χ2n) is 10.2. The van der Waals surface area contributed by atoms with E-state index in [0.29, 0.717) is 42.0 Å². The number of hydrogen-bond donors (Lipinski definition) is 2. The van der Waals surface area contributed by atoms with Gasteiger partial charge in [-0.15, -0.1) is 0 Å². The van der Waals surface area contributed by atoms with Crippen molar-refractivity contribution in [3.05, 3.63) is 94.4 Å². The highest BCUT2D eigenvalue weighted by Gasteiger charge is 2.37. The third kappa shape index (κ3) is 7.03. The number of ether oxygens (including phenoxy) is 1. The average Bonchev–Trinajstić information content (AvgIpc) is 3.47. The van der Waals surface area contributed by atoms with Crippen LogP contribution in [0.3, 0.4) is 0 Å². The minimum absolute atomic E-state index is 0.0109. The van der Waals surface area contributed by atoms with Gasteiger partial charge in [-0.2, -0.15) is 31.4 Å². The molecule has 1 fully saturated rings. The van der Waals surface area contributed by atoms with Gasteiger partial charge in [0, 0.05) is 53.5 Å². The van der Waals surface area contributed by atoms with E-state index in [9.17, 15) is 31.1 Å². The lowest BCUT2D eigenvalue weighted by atomic mass is 10.0. The quantitative estimate of drug-likeness (QED) is 0.193. The lowest BCUT2D eigenvalue weighted by Gasteiger charge is -2.22. The first kappa shape index (κ1) is 30.6. The lowest BCUT2D eigenvalue weighted by Crippen LogP contribution is -2.19. The maximum atomic E-state index is 13.2. The molecule has 44 heavy (non-hydrogen) atoms. The fraction of sp³-hybridized carbons (Fsp3) is 0.258. The summed E-state index contributed by atoms with van der Waals surface area (Å²) in [6.45, 7) is 3.09. The third-order valence-electron chi connectivity index (χ3n) is 7.10. The molecule has 1 aliphatic heterocycles. The van der Waals surface area contributed by atoms with Crippen molar-refractivity contribution in [1.29, 1.82) is 0 Å². The van der Waals surface area contributed by atoms with E-state index in [1.54, 1.807) is 31.5 Å². The highest BCUT2D eigenvalue weighted by molar-refractivity contribution is 6.04. The fourth-order valence-electron chi connectivity index (χ4n) is 4.63. The van der Waals surface area contributed by atoms with Gasteiger partial charge < -0.3 is 15.8 Å². The van der Waals surface area contributed by atoms with E-state index in [4.69, 9.17) is 10.5 Å². The molecule has 1 saturated heterocycles. The summed E-state index contributed by atoms with van der Waals surface area (Å²) in [5.41, 5.74) is 5.37. The molecule has 3 N–H and O–H groups in total. The summed E-state index contributed by atoms with van der Waals surface area (Å²) in [7, 11) is 0. The topological polar surface area (TPSA) is 95.1 Å². The van der Waals surface area contributed by atoms with E-state index in [-0.39, 0.29) is 23.5 Å². The van der Waals surface area contributed by atoms with E-state index in [0.717, 1.165) is 24.0 Å². The Bertz CT molecular complexity index is 1730. The van der Waals surface area contributed by atoms with Crippen LogP contribution in [0.5, 0.6) is 0 Å². The zero-order valence-electron chi connectivity index (χ0n) is 23.2. The Labute approximate surface area is 248 Å². The number of rotatable bonds is 4. The molecule has 3 heterocycles. The van der Waals surface area contributed by atoms with Gasteiger partial charge in [-0.05, 0) is 61.7 Å². The molecule has 228 valence electrons. The molecule has 7 nitrogen and oxygen atoms in total. The molecule has 13 heteroatoms. The van der Waals surface area contributed by atoms with Crippen LogP contribution in [-0.4, -0.2) is 33.9 Å². The van der Waals surface area contributed by atoms with E-state index in [1.807, 2.05) is 10.9 Å². The Balaban J connectivity index is 1.39. The average molecular weight is 614 g/mol. The predicted octanol–water partition coefficient (Wildman–Crippen LogP) is 6.88. The van der Waals surface area contributed by atoms with Gasteiger partial charge in [-0.3, -0.25) is 9.48 Å². The summed E-state index contributed by atoms with van der Waals surface area (Å²) in [5.74, 6) is 5.16. The number of nitrogens with one attached hydrogen (secondary N) is 1. The fourth-order valence-corrected chi connectivity index (χ4v) is 4.63. The molecule has 2 aromatic carbocycles. The molecular weight excluding hydrogens is 588 g/mol. The maximum Gasteiger partial charge on any atom is 0.416 e. The van der Waals surface area contributed by atoms with E-state index in [2.05, 4.69) is 27.2 Å². The van der Waals surface area contributed by atoms with Crippen molar-refractivity contribution in [2.45, 2.75) is 38.2 Å². The largest absolute Gasteiger partial charge is 0.416 e. The molecular formula is C31H25F6N5O2. The van der Waals surface area contributed by atoms with Crippen LogP contribution in [0.25, 0.3) is 11.1 Å². The molecule has 0 aliphatic carbocycles. The second-order valence-corrected chi connectivity index (χ2v) is 10.2. The minimum Gasteiger partial charge on any atom is -0.383 e. The Hall–Kier alpha value is -4.83. The zero-order valence-corrected chi connectivity index (χ0v) is 23.2. The van der Waals surface area contributed by atoms with Gasteiger partial charge in [0.1, 0.15) is 5.82 Å². The minimum atomic E-state index is -5.05. The van der Waals surface area contributed by atoms with Crippen LogP contribution in [0, 0.1) is 18.8 Å². The molecule has 0 unspecified atom stereocenters. The number of pyridine rings is 1. The molecule has 0 spiro atoms. The van der Waals surface area contributed by atoms with Crippen LogP contribution in [0.15, 0.2) is 61.1 Å². The van der Waals surface area contributed by atoms with Gasteiger partial charge in [0.2, 0.25) is 0 Å². The summed E-state index contributed by atoms with van der Waals surface area (Å²) in [6.07, 6.45) is -3.10. The monoisotopic (exact) mass is 613 g/mol. The van der Waals surface area contributed by atoms with Crippen molar-refractivity contribution in [1.82, 2.24) is 14.8 Å². The first-order chi connectivity index (χ1) is 20.8. The van der Waals surface area contributed by atoms with Crippen LogP contribution in [-0.2, 0) is 17.1 Å². The molecule has 0 atom stereocenters. The molecule has 0 bridgehead atoms. The van der Waals surface area contributed by atoms with E-state index in [1.165, 1.54) is 12.1 Å². The lowest BCUT2D eigenvalue weighted by molar-refractivity contribution is -0.143. The third-order valence-corrected chi connectivity index (χ3v) is 7.10. The number of carbonyl (C=O) groups excluding carboxylic acids is 1. The number of halogens is 6. The number of benzene rings is 2. The number of carbonyl (C=O) groups is 1. The highest BCUT2D eigenvalue weighted by Crippen LogP contribution is 2.37. The number of alkyl halides is 6. The van der Waals surface area contributed by atoms with Gasteiger partial charge in [-0.1, -0.05) is 17.9 Å². The van der Waals surface area contributed by atoms with Crippen molar-refractivity contribution in [2.75, 3.05) is 24.3 Å². The Morgan fingerprint density at radius 3 is 2.25 bits per heavy atom. The van der Waals surface area contributed by atoms with Gasteiger partial charge in [-0.25, -0.2) is 4.98 Å². The summed E-state index contributed by atoms with van der Waals surface area (Å²) >= 11 is 0. The predicted molar refractivity (Wildman–Crippen MR) is 151 cm³/mol. The van der Waals surface area contributed by atoms with E-state index < -0.39 is 35.1 Å². The number of nitrogen functional groups attached to an aromatic ring is 1. The smallest absolute Gasteiger partial charge is 0.383 e. The number of hydrogen-bond acceptors (Lipinski definition) is 5. The SMILES string of the molecule is Cc1ccc(C(=O)Nc2cc(C(F)(F)F)cc(C(F)(F)F)c2)cc1C#Cc1cc(-c2cnn(C3CCOCC3)c2)cnc1N. The number of aryl methyl sites for hydroxylation is 1. The molecule has 4 aromatic rings. The molecule has 2 aromatic heterocycles. The van der Waals surface area contributed by atoms with Gasteiger partial charge in [0.05, 0.1) is 28.9 Å². The Morgan fingerprint density at radius 2 is 1.59 bits per heavy atom. The Kier molecular flexibility index (Phi) is 8.38. The summed E-state index contributed by atoms with van der Waals surface area (Å²) in [6, 6.07) is 7.22. The summed E-state index contributed by atoms with van der Waals surface area (Å²) in [5, 5.41) is 6.61. The number of nitrogens with zero attached hydrogens (tertiary/aromatic N) is 3. The van der Waals surface area contributed by atoms with Crippen molar-refractivity contribution in [3.63, 3.8) is 0 Å². The number of nitrogens with two attached hydrogens (primary N) is 1. The maximum absolute atomic E-state index is 13.2. The first-order valence-corrected chi connectivity index (χ1v) is 13.4. The standard InChI is InChI=1S/C31H25F6N5O2/c1-18-2-3-21(29(43)41-26-13-24(30(32,33)34)12-25(14-26)31(35,36)37)10-19(18)4-5-20-11-22(15-39-28(20)38)23-16-40-42(17-23)27-6-8-44-9-7-27/h2-3,10-17,27H,6-9H2,1H3,(H2,38,39)(H,41,43). The van der Waals surface area contributed by atoms with E-state index >= 15 is 0 Å². The Morgan fingerprint density at radius 1 is 0.932 bits per heavy atom. The summed E-state index contributed by atoms with van der Waals surface area (Å²) in [4.78, 5) is 17.1. The van der Waals surface area contributed by atoms with Crippen LogP contribution < -0.4 is 11.1 Å². The zero-order chi connectivity index (χ0) is 31.6. The summed E-state index contributed by atoms with van der Waals surface area (Å²) < 4.78 is 86.7. The molecule has 1 amide bonds. The van der Waals surface area contributed by atoms with Gasteiger partial charge in [0.25, 0.3) is 5.91 Å². The normalized spacial score (nSPS) is 14.2. The second kappa shape index (κ2) is 12.0. The van der Waals surface area contributed by atoms with Crippen molar-refractivity contribution < 1.29 is 35.9 Å². The number of aromatic nitrogens is 3. The molecule has 1 aliphatic rings. The van der Waals surface area contributed by atoms with Crippen molar-refractivity contribution in [3.8, 4) is 23.0 Å². The molecule has 0 saturated carbocycles. The van der Waals surface area contributed by atoms with Crippen LogP contribution >= 0.6 is 0 Å².